The second kappa shape index (κ2) is 5.01. The predicted octanol–water partition coefficient (Wildman–Crippen LogP) is 0.697. The van der Waals surface area contributed by atoms with Gasteiger partial charge in [0.1, 0.15) is 5.69 Å². The lowest BCUT2D eigenvalue weighted by Crippen LogP contribution is -2.38. The van der Waals surface area contributed by atoms with Crippen molar-refractivity contribution in [3.8, 4) is 0 Å². The molecule has 100 valence electrons. The van der Waals surface area contributed by atoms with Crippen molar-refractivity contribution in [3.63, 3.8) is 0 Å². The highest BCUT2D eigenvalue weighted by Gasteiger charge is 2.18. The number of carbonyl (C=O) groups is 2. The molecule has 0 bridgehead atoms. The zero-order chi connectivity index (χ0) is 14.0. The van der Waals surface area contributed by atoms with Crippen LogP contribution in [0.2, 0.25) is 0 Å². The van der Waals surface area contributed by atoms with Gasteiger partial charge in [-0.25, -0.2) is 0 Å². The van der Waals surface area contributed by atoms with Crippen molar-refractivity contribution < 1.29 is 9.59 Å². The number of primary amides is 1. The maximum atomic E-state index is 12.2. The molecule has 2 amide bonds. The van der Waals surface area contributed by atoms with E-state index in [9.17, 15) is 9.59 Å². The Morgan fingerprint density at radius 2 is 2.11 bits per heavy atom. The van der Waals surface area contributed by atoms with Crippen molar-refractivity contribution in [3.05, 3.63) is 30.0 Å². The molecular weight excluding hydrogens is 244 g/mol. The lowest BCUT2D eigenvalue weighted by Gasteiger charge is -2.17. The molecule has 0 unspecified atom stereocenters. The Kier molecular flexibility index (Phi) is 3.41. The molecular formula is C13H16N4O2. The van der Waals surface area contributed by atoms with Crippen LogP contribution in [0.5, 0.6) is 0 Å². The van der Waals surface area contributed by atoms with Gasteiger partial charge in [-0.2, -0.15) is 0 Å². The third-order valence-corrected chi connectivity index (χ3v) is 2.93. The van der Waals surface area contributed by atoms with Gasteiger partial charge in [-0.1, -0.05) is 12.1 Å². The van der Waals surface area contributed by atoms with Crippen LogP contribution in [-0.4, -0.2) is 34.8 Å². The number of benzene rings is 1. The van der Waals surface area contributed by atoms with Crippen molar-refractivity contribution >= 4 is 28.4 Å². The number of hydrogen-bond acceptors (Lipinski definition) is 3. The normalized spacial score (nSPS) is 10.6. The average Bonchev–Trinajstić information content (AvgIpc) is 2.80. The Bertz CT molecular complexity index is 633. The summed E-state index contributed by atoms with van der Waals surface area (Å²) in [5, 5.41) is 0.860. The van der Waals surface area contributed by atoms with Crippen LogP contribution in [0.1, 0.15) is 17.4 Å². The number of amides is 2. The topological polar surface area (TPSA) is 105 Å². The summed E-state index contributed by atoms with van der Waals surface area (Å²) in [5.74, 6) is -0.803. The van der Waals surface area contributed by atoms with Gasteiger partial charge >= 0.3 is 0 Å². The van der Waals surface area contributed by atoms with Crippen LogP contribution in [-0.2, 0) is 4.79 Å². The Balaban J connectivity index is 2.35. The van der Waals surface area contributed by atoms with Crippen molar-refractivity contribution in [2.45, 2.75) is 6.92 Å². The highest BCUT2D eigenvalue weighted by molar-refractivity contribution is 6.01. The fourth-order valence-electron chi connectivity index (χ4n) is 1.98. The van der Waals surface area contributed by atoms with Crippen LogP contribution in [0.25, 0.3) is 10.9 Å². The SMILES string of the molecule is CCN(CC(N)=O)C(=O)c1cc2cccc(N)c2[nH]1. The number of H-pyrrole nitrogens is 1. The lowest BCUT2D eigenvalue weighted by atomic mass is 10.2. The fraction of sp³-hybridized carbons (Fsp3) is 0.231. The molecule has 6 nitrogen and oxygen atoms in total. The van der Waals surface area contributed by atoms with Gasteiger partial charge in [0.05, 0.1) is 17.7 Å². The number of aromatic amines is 1. The molecule has 0 saturated heterocycles. The first-order chi connectivity index (χ1) is 9.02. The van der Waals surface area contributed by atoms with E-state index in [-0.39, 0.29) is 12.5 Å². The molecule has 1 aromatic carbocycles. The summed E-state index contributed by atoms with van der Waals surface area (Å²) in [6.07, 6.45) is 0. The number of nitrogens with two attached hydrogens (primary N) is 2. The van der Waals surface area contributed by atoms with Crippen LogP contribution in [0.15, 0.2) is 24.3 Å². The zero-order valence-electron chi connectivity index (χ0n) is 10.6. The standard InChI is InChI=1S/C13H16N4O2/c1-2-17(7-11(15)18)13(19)10-6-8-4-3-5-9(14)12(8)16-10/h3-6,16H,2,7,14H2,1H3,(H2,15,18). The second-order valence-electron chi connectivity index (χ2n) is 4.28. The molecule has 2 aromatic rings. The van der Waals surface area contributed by atoms with E-state index in [2.05, 4.69) is 4.98 Å². The Morgan fingerprint density at radius 1 is 1.37 bits per heavy atom. The molecule has 1 aromatic heterocycles. The van der Waals surface area contributed by atoms with Gasteiger partial charge in [-0.3, -0.25) is 9.59 Å². The smallest absolute Gasteiger partial charge is 0.270 e. The fourth-order valence-corrected chi connectivity index (χ4v) is 1.98. The number of aromatic nitrogens is 1. The number of hydrogen-bond donors (Lipinski definition) is 3. The molecule has 2 rings (SSSR count). The van der Waals surface area contributed by atoms with Gasteiger partial charge < -0.3 is 21.4 Å². The first kappa shape index (κ1) is 12.9. The first-order valence-corrected chi connectivity index (χ1v) is 5.97. The van der Waals surface area contributed by atoms with Gasteiger partial charge in [-0.05, 0) is 19.1 Å². The summed E-state index contributed by atoms with van der Waals surface area (Å²) in [7, 11) is 0. The van der Waals surface area contributed by atoms with Crippen LogP contribution in [0.3, 0.4) is 0 Å². The van der Waals surface area contributed by atoms with Gasteiger partial charge in [0.15, 0.2) is 0 Å². The molecule has 0 aliphatic carbocycles. The molecule has 0 aliphatic heterocycles. The molecule has 6 heteroatoms. The highest BCUT2D eigenvalue weighted by atomic mass is 16.2. The summed E-state index contributed by atoms with van der Waals surface area (Å²) in [5.41, 5.74) is 12.7. The number of carbonyl (C=O) groups excluding carboxylic acids is 2. The number of fused-ring (bicyclic) bond motifs is 1. The van der Waals surface area contributed by atoms with Crippen molar-refractivity contribution in [1.29, 1.82) is 0 Å². The maximum Gasteiger partial charge on any atom is 0.270 e. The van der Waals surface area contributed by atoms with Crippen LogP contribution in [0.4, 0.5) is 5.69 Å². The Labute approximate surface area is 110 Å². The quantitative estimate of drug-likeness (QED) is 0.704. The first-order valence-electron chi connectivity index (χ1n) is 5.97. The summed E-state index contributed by atoms with van der Waals surface area (Å²) in [6, 6.07) is 7.16. The van der Waals surface area contributed by atoms with Crippen LogP contribution in [0, 0.1) is 0 Å². The van der Waals surface area contributed by atoms with E-state index in [4.69, 9.17) is 11.5 Å². The van der Waals surface area contributed by atoms with Crippen molar-refractivity contribution in [2.24, 2.45) is 5.73 Å². The van der Waals surface area contributed by atoms with E-state index in [0.29, 0.717) is 17.9 Å². The molecule has 0 atom stereocenters. The minimum atomic E-state index is -0.536. The largest absolute Gasteiger partial charge is 0.397 e. The van der Waals surface area contributed by atoms with Gasteiger partial charge in [0, 0.05) is 11.9 Å². The van der Waals surface area contributed by atoms with E-state index in [1.165, 1.54) is 4.90 Å². The molecule has 19 heavy (non-hydrogen) atoms. The molecule has 0 fully saturated rings. The highest BCUT2D eigenvalue weighted by Crippen LogP contribution is 2.21. The Hall–Kier alpha value is -2.50. The third-order valence-electron chi connectivity index (χ3n) is 2.93. The predicted molar refractivity (Wildman–Crippen MR) is 73.5 cm³/mol. The second-order valence-corrected chi connectivity index (χ2v) is 4.28. The summed E-state index contributed by atoms with van der Waals surface area (Å²) < 4.78 is 0. The van der Waals surface area contributed by atoms with Crippen molar-refractivity contribution in [1.82, 2.24) is 9.88 Å². The number of likely N-dealkylation sites (N-methyl/N-ethyl adjacent to an activating group) is 1. The minimum absolute atomic E-state index is 0.0970. The molecule has 5 N–H and O–H groups in total. The molecule has 1 heterocycles. The number of anilines is 1. The summed E-state index contributed by atoms with van der Waals surface area (Å²) in [4.78, 5) is 27.5. The monoisotopic (exact) mass is 260 g/mol. The average molecular weight is 260 g/mol. The van der Waals surface area contributed by atoms with Crippen LogP contribution < -0.4 is 11.5 Å². The van der Waals surface area contributed by atoms with E-state index in [1.54, 1.807) is 19.1 Å². The van der Waals surface area contributed by atoms with Crippen molar-refractivity contribution in [2.75, 3.05) is 18.8 Å². The number of rotatable bonds is 4. The molecule has 0 aliphatic rings. The minimum Gasteiger partial charge on any atom is -0.397 e. The van der Waals surface area contributed by atoms with Crippen LogP contribution >= 0.6 is 0 Å². The zero-order valence-corrected chi connectivity index (χ0v) is 10.6. The lowest BCUT2D eigenvalue weighted by molar-refractivity contribution is -0.118. The summed E-state index contributed by atoms with van der Waals surface area (Å²) >= 11 is 0. The number of nitrogens with one attached hydrogen (secondary N) is 1. The Morgan fingerprint density at radius 3 is 2.68 bits per heavy atom. The van der Waals surface area contributed by atoms with E-state index >= 15 is 0 Å². The summed E-state index contributed by atoms with van der Waals surface area (Å²) in [6.45, 7) is 2.10. The molecule has 0 saturated carbocycles. The van der Waals surface area contributed by atoms with E-state index in [1.807, 2.05) is 12.1 Å². The van der Waals surface area contributed by atoms with E-state index in [0.717, 1.165) is 10.9 Å². The van der Waals surface area contributed by atoms with Gasteiger partial charge in [0.25, 0.3) is 5.91 Å². The molecule has 0 radical (unpaired) electrons. The number of nitrogen functional groups attached to an aromatic ring is 1. The van der Waals surface area contributed by atoms with Gasteiger partial charge in [-0.15, -0.1) is 0 Å². The van der Waals surface area contributed by atoms with Gasteiger partial charge in [0.2, 0.25) is 5.91 Å². The maximum absolute atomic E-state index is 12.2. The number of para-hydroxylation sites is 1. The molecule has 0 spiro atoms. The number of nitrogens with zero attached hydrogens (tertiary/aromatic N) is 1. The third kappa shape index (κ3) is 2.52. The van der Waals surface area contributed by atoms with E-state index < -0.39 is 5.91 Å².